The molecule has 8 heteroatoms. The van der Waals surface area contributed by atoms with Crippen LogP contribution in [0.1, 0.15) is 0 Å². The standard InChI is InChI=1S/C36H22N6O2/c1-43-31-17-9-7-15-29(31)41-33(23(19-37)20-38)25-11-3-5-13-27(25)35(41)36-28-14-6-4-12-26(28)34(24(21-39)22-40)42(36)30-16-8-10-18-32(30)44-2/h3-18H,1-2H3/b36-35-. The Balaban J connectivity index is 2.18. The van der Waals surface area contributed by atoms with Crippen LogP contribution >= 0.6 is 0 Å². The number of benzene rings is 4. The maximum absolute atomic E-state index is 10.2. The Morgan fingerprint density at radius 2 is 0.795 bits per heavy atom. The number of hydrogen-bond acceptors (Lipinski definition) is 6. The Hall–Kier alpha value is -6.74. The smallest absolute Gasteiger partial charge is 0.154 e. The van der Waals surface area contributed by atoms with Gasteiger partial charge in [0.1, 0.15) is 35.8 Å². The van der Waals surface area contributed by atoms with Gasteiger partial charge >= 0.3 is 0 Å². The first-order chi connectivity index (χ1) is 21.6. The van der Waals surface area contributed by atoms with Crippen LogP contribution in [0.15, 0.2) is 97.1 Å². The number of rotatable bonds is 4. The highest BCUT2D eigenvalue weighted by atomic mass is 16.5. The zero-order valence-corrected chi connectivity index (χ0v) is 23.7. The van der Waals surface area contributed by atoms with Crippen LogP contribution < -0.4 is 20.2 Å². The number of ether oxygens (including phenoxy) is 2. The molecule has 8 nitrogen and oxygen atoms in total. The lowest BCUT2D eigenvalue weighted by atomic mass is 10.1. The van der Waals surface area contributed by atoms with E-state index in [1.165, 1.54) is 0 Å². The summed E-state index contributed by atoms with van der Waals surface area (Å²) in [5, 5.41) is 45.6. The van der Waals surface area contributed by atoms with Crippen molar-refractivity contribution in [2.45, 2.75) is 0 Å². The van der Waals surface area contributed by atoms with Crippen molar-refractivity contribution in [2.75, 3.05) is 14.2 Å². The van der Waals surface area contributed by atoms with Gasteiger partial charge in [-0.15, -0.1) is 0 Å². The molecule has 0 N–H and O–H groups in total. The van der Waals surface area contributed by atoms with Gasteiger partial charge < -0.3 is 18.6 Å². The van der Waals surface area contributed by atoms with Crippen molar-refractivity contribution in [2.24, 2.45) is 0 Å². The monoisotopic (exact) mass is 570 g/mol. The van der Waals surface area contributed by atoms with Crippen LogP contribution in [0.4, 0.5) is 0 Å². The predicted octanol–water partition coefficient (Wildman–Crippen LogP) is 5.27. The van der Waals surface area contributed by atoms with Crippen molar-refractivity contribution in [1.82, 2.24) is 9.13 Å². The molecular formula is C36H22N6O2. The van der Waals surface area contributed by atoms with E-state index in [1.54, 1.807) is 14.2 Å². The third-order valence-electron chi connectivity index (χ3n) is 7.57. The first kappa shape index (κ1) is 27.4. The minimum Gasteiger partial charge on any atom is -0.495 e. The lowest BCUT2D eigenvalue weighted by Gasteiger charge is -2.13. The third kappa shape index (κ3) is 4.04. The second-order valence-corrected chi connectivity index (χ2v) is 9.70. The van der Waals surface area contributed by atoms with E-state index in [0.29, 0.717) is 55.0 Å². The molecule has 0 bridgehead atoms. The number of fused-ring (bicyclic) bond motifs is 2. The van der Waals surface area contributed by atoms with Crippen molar-refractivity contribution < 1.29 is 9.47 Å². The highest BCUT2D eigenvalue weighted by Crippen LogP contribution is 2.30. The number of aromatic nitrogens is 2. The van der Waals surface area contributed by atoms with Crippen LogP contribution in [0.3, 0.4) is 0 Å². The molecule has 0 amide bonds. The van der Waals surface area contributed by atoms with Crippen LogP contribution in [0.25, 0.3) is 44.1 Å². The Morgan fingerprint density at radius 1 is 0.477 bits per heavy atom. The minimum atomic E-state index is -0.0837. The molecule has 0 saturated heterocycles. The number of nitrogens with zero attached hydrogens (tertiary/aromatic N) is 6. The van der Waals surface area contributed by atoms with Gasteiger partial charge in [0.05, 0.1) is 47.0 Å². The van der Waals surface area contributed by atoms with E-state index in [0.717, 1.165) is 10.8 Å². The number of methoxy groups -OCH3 is 2. The minimum absolute atomic E-state index is 0.0837. The summed E-state index contributed by atoms with van der Waals surface area (Å²) in [4.78, 5) is 0. The molecule has 0 fully saturated rings. The molecule has 208 valence electrons. The Bertz CT molecular complexity index is 2320. The van der Waals surface area contributed by atoms with E-state index >= 15 is 0 Å². The SMILES string of the molecule is COc1ccccc1-n1c(=C(C#N)C#N)c2ccccc2/c1=c1\c2ccccc2c(=C(C#N)C#N)n1-c1ccccc1OC. The summed E-state index contributed by atoms with van der Waals surface area (Å²) in [7, 11) is 3.12. The fourth-order valence-corrected chi connectivity index (χ4v) is 5.83. The van der Waals surface area contributed by atoms with Crippen molar-refractivity contribution in [3.8, 4) is 47.2 Å². The normalized spacial score (nSPS) is 11.2. The first-order valence-corrected chi connectivity index (χ1v) is 13.5. The van der Waals surface area contributed by atoms with Crippen molar-refractivity contribution >= 4 is 32.7 Å². The van der Waals surface area contributed by atoms with Gasteiger partial charge in [-0.3, -0.25) is 0 Å². The maximum atomic E-state index is 10.2. The number of nitriles is 4. The molecule has 0 aliphatic heterocycles. The first-order valence-electron chi connectivity index (χ1n) is 13.5. The summed E-state index contributed by atoms with van der Waals surface area (Å²) in [6.07, 6.45) is 0. The van der Waals surface area contributed by atoms with Crippen LogP contribution in [0.2, 0.25) is 0 Å². The molecule has 0 atom stereocenters. The van der Waals surface area contributed by atoms with Gasteiger partial charge in [-0.2, -0.15) is 21.0 Å². The van der Waals surface area contributed by atoms with Gasteiger partial charge in [0, 0.05) is 21.5 Å². The van der Waals surface area contributed by atoms with Crippen molar-refractivity contribution in [3.05, 3.63) is 118 Å². The van der Waals surface area contributed by atoms with Gasteiger partial charge in [0.25, 0.3) is 0 Å². The average molecular weight is 571 g/mol. The van der Waals surface area contributed by atoms with Gasteiger partial charge in [-0.05, 0) is 24.3 Å². The molecule has 2 aromatic heterocycles. The fraction of sp³-hybridized carbons (Fsp3) is 0.0556. The molecule has 4 aromatic carbocycles. The van der Waals surface area contributed by atoms with Crippen molar-refractivity contribution in [3.63, 3.8) is 0 Å². The molecule has 0 saturated carbocycles. The van der Waals surface area contributed by atoms with E-state index in [4.69, 9.17) is 9.47 Å². The molecular weight excluding hydrogens is 548 g/mol. The molecule has 0 spiro atoms. The summed E-state index contributed by atoms with van der Waals surface area (Å²) in [6.45, 7) is 0. The zero-order chi connectivity index (χ0) is 30.8. The summed E-state index contributed by atoms with van der Waals surface area (Å²) in [5.74, 6) is 1.04. The Morgan fingerprint density at radius 3 is 1.14 bits per heavy atom. The van der Waals surface area contributed by atoms with E-state index in [1.807, 2.05) is 106 Å². The highest BCUT2D eigenvalue weighted by molar-refractivity contribution is 5.94. The average Bonchev–Trinajstić information content (AvgIpc) is 3.59. The maximum Gasteiger partial charge on any atom is 0.154 e. The summed E-state index contributed by atoms with van der Waals surface area (Å²) < 4.78 is 15.3. The Kier molecular flexibility index (Phi) is 7.02. The van der Waals surface area contributed by atoms with Gasteiger partial charge in [-0.25, -0.2) is 0 Å². The quantitative estimate of drug-likeness (QED) is 0.284. The second-order valence-electron chi connectivity index (χ2n) is 9.70. The molecule has 0 aliphatic rings. The lowest BCUT2D eigenvalue weighted by Crippen LogP contribution is -2.21. The highest BCUT2D eigenvalue weighted by Gasteiger charge is 2.21. The van der Waals surface area contributed by atoms with Gasteiger partial charge in [0.2, 0.25) is 0 Å². The van der Waals surface area contributed by atoms with E-state index in [9.17, 15) is 21.0 Å². The van der Waals surface area contributed by atoms with Crippen LogP contribution in [0.5, 0.6) is 11.5 Å². The molecule has 2 heterocycles. The molecule has 6 aromatic rings. The topological polar surface area (TPSA) is 123 Å². The van der Waals surface area contributed by atoms with E-state index in [-0.39, 0.29) is 11.1 Å². The third-order valence-corrected chi connectivity index (χ3v) is 7.57. The van der Waals surface area contributed by atoms with Crippen LogP contribution in [0, 0.1) is 56.0 Å². The molecule has 0 aliphatic carbocycles. The van der Waals surface area contributed by atoms with Gasteiger partial charge in [-0.1, -0.05) is 72.8 Å². The molecule has 44 heavy (non-hydrogen) atoms. The summed E-state index contributed by atoms with van der Waals surface area (Å²) in [6, 6.07) is 38.2. The summed E-state index contributed by atoms with van der Waals surface area (Å²) in [5.41, 5.74) is 1.03. The molecule has 0 radical (unpaired) electrons. The largest absolute Gasteiger partial charge is 0.495 e. The zero-order valence-electron chi connectivity index (χ0n) is 23.7. The second kappa shape index (κ2) is 11.3. The van der Waals surface area contributed by atoms with Crippen molar-refractivity contribution in [1.29, 1.82) is 21.0 Å². The van der Waals surface area contributed by atoms with E-state index < -0.39 is 0 Å². The molecule has 6 rings (SSSR count). The lowest BCUT2D eigenvalue weighted by molar-refractivity contribution is 0.412. The number of hydrogen-bond donors (Lipinski definition) is 0. The summed E-state index contributed by atoms with van der Waals surface area (Å²) >= 11 is 0. The number of para-hydroxylation sites is 4. The van der Waals surface area contributed by atoms with Crippen LogP contribution in [-0.2, 0) is 0 Å². The predicted molar refractivity (Wildman–Crippen MR) is 166 cm³/mol. The van der Waals surface area contributed by atoms with E-state index in [2.05, 4.69) is 24.3 Å². The fourth-order valence-electron chi connectivity index (χ4n) is 5.83. The molecule has 0 unspecified atom stereocenters. The van der Waals surface area contributed by atoms with Gasteiger partial charge in [0.15, 0.2) is 11.1 Å². The van der Waals surface area contributed by atoms with Crippen LogP contribution in [-0.4, -0.2) is 23.4 Å². The Labute approximate surface area is 251 Å².